The summed E-state index contributed by atoms with van der Waals surface area (Å²) in [4.78, 5) is 38.6. The molecule has 1 heterocycles. The normalized spacial score (nSPS) is 10.6. The summed E-state index contributed by atoms with van der Waals surface area (Å²) in [5.74, 6) is 0.304. The number of aryl methyl sites for hydroxylation is 1. The summed E-state index contributed by atoms with van der Waals surface area (Å²) < 4.78 is 6.50. The summed E-state index contributed by atoms with van der Waals surface area (Å²) in [6.07, 6.45) is 0. The van der Waals surface area contributed by atoms with Crippen LogP contribution in [0, 0.1) is 0 Å². The zero-order valence-corrected chi connectivity index (χ0v) is 13.8. The van der Waals surface area contributed by atoms with Crippen molar-refractivity contribution in [3.05, 3.63) is 68.7 Å². The summed E-state index contributed by atoms with van der Waals surface area (Å²) >= 11 is 0. The van der Waals surface area contributed by atoms with Crippen molar-refractivity contribution in [3.63, 3.8) is 0 Å². The molecular formula is C18H17N3O4. The molecule has 7 heteroatoms. The zero-order chi connectivity index (χ0) is 18.0. The van der Waals surface area contributed by atoms with Crippen molar-refractivity contribution in [2.24, 2.45) is 0 Å². The number of ether oxygens (including phenoxy) is 1. The molecule has 3 aromatic rings. The third kappa shape index (κ3) is 3.16. The first-order valence-corrected chi connectivity index (χ1v) is 7.75. The molecular weight excluding hydrogens is 322 g/mol. The van der Waals surface area contributed by atoms with Crippen molar-refractivity contribution >= 4 is 22.6 Å². The molecule has 0 unspecified atom stereocenters. The van der Waals surface area contributed by atoms with Gasteiger partial charge in [0.1, 0.15) is 5.75 Å². The van der Waals surface area contributed by atoms with Gasteiger partial charge in [-0.2, -0.15) is 0 Å². The van der Waals surface area contributed by atoms with E-state index in [1.165, 1.54) is 4.57 Å². The van der Waals surface area contributed by atoms with Gasteiger partial charge in [-0.1, -0.05) is 6.07 Å². The van der Waals surface area contributed by atoms with Crippen molar-refractivity contribution in [2.45, 2.75) is 13.5 Å². The molecule has 1 amide bonds. The number of methoxy groups -OCH3 is 1. The Hall–Kier alpha value is -3.35. The SMILES string of the molecule is CCn1c(=O)c(=O)[nH]c2cc(C(=O)Nc3cccc(OC)c3)ccc21. The standard InChI is InChI=1S/C18H17N3O4/c1-3-21-15-8-7-11(9-14(15)20-17(23)18(21)24)16(22)19-12-5-4-6-13(10-12)25-2/h4-10H,3H2,1-2H3,(H,19,22)(H,20,23). The van der Waals surface area contributed by atoms with Gasteiger partial charge in [-0.05, 0) is 37.3 Å². The van der Waals surface area contributed by atoms with E-state index in [1.807, 2.05) is 0 Å². The fourth-order valence-electron chi connectivity index (χ4n) is 2.64. The number of hydrogen-bond donors (Lipinski definition) is 2. The third-order valence-electron chi connectivity index (χ3n) is 3.88. The number of nitrogens with zero attached hydrogens (tertiary/aromatic N) is 1. The number of nitrogens with one attached hydrogen (secondary N) is 2. The lowest BCUT2D eigenvalue weighted by atomic mass is 10.1. The van der Waals surface area contributed by atoms with E-state index >= 15 is 0 Å². The summed E-state index contributed by atoms with van der Waals surface area (Å²) in [6, 6.07) is 11.8. The van der Waals surface area contributed by atoms with Crippen LogP contribution in [0.5, 0.6) is 5.75 Å². The quantitative estimate of drug-likeness (QED) is 0.711. The number of benzene rings is 2. The van der Waals surface area contributed by atoms with E-state index in [-0.39, 0.29) is 5.91 Å². The van der Waals surface area contributed by atoms with Crippen LogP contribution in [0.1, 0.15) is 17.3 Å². The largest absolute Gasteiger partial charge is 0.497 e. The number of aromatic nitrogens is 2. The second-order valence-corrected chi connectivity index (χ2v) is 5.42. The predicted molar refractivity (Wildman–Crippen MR) is 95.4 cm³/mol. The molecule has 0 aliphatic heterocycles. The predicted octanol–water partition coefficient (Wildman–Crippen LogP) is 1.97. The molecule has 25 heavy (non-hydrogen) atoms. The molecule has 0 fully saturated rings. The van der Waals surface area contributed by atoms with Crippen molar-refractivity contribution in [1.29, 1.82) is 0 Å². The molecule has 0 saturated heterocycles. The number of anilines is 1. The molecule has 0 saturated carbocycles. The highest BCUT2D eigenvalue weighted by Crippen LogP contribution is 2.18. The first-order chi connectivity index (χ1) is 12.0. The molecule has 3 rings (SSSR count). The molecule has 2 N–H and O–H groups in total. The number of fused-ring (bicyclic) bond motifs is 1. The van der Waals surface area contributed by atoms with Crippen molar-refractivity contribution in [1.82, 2.24) is 9.55 Å². The first kappa shape index (κ1) is 16.5. The molecule has 1 aromatic heterocycles. The van der Waals surface area contributed by atoms with Gasteiger partial charge >= 0.3 is 11.1 Å². The Balaban J connectivity index is 1.98. The van der Waals surface area contributed by atoms with Gasteiger partial charge in [-0.15, -0.1) is 0 Å². The molecule has 0 aliphatic carbocycles. The number of hydrogen-bond acceptors (Lipinski definition) is 4. The molecule has 0 spiro atoms. The van der Waals surface area contributed by atoms with E-state index in [0.29, 0.717) is 34.6 Å². The Morgan fingerprint density at radius 2 is 2.00 bits per heavy atom. The summed E-state index contributed by atoms with van der Waals surface area (Å²) in [6.45, 7) is 2.15. The molecule has 7 nitrogen and oxygen atoms in total. The topological polar surface area (TPSA) is 93.2 Å². The minimum Gasteiger partial charge on any atom is -0.497 e. The van der Waals surface area contributed by atoms with Crippen LogP contribution < -0.4 is 21.2 Å². The molecule has 0 atom stereocenters. The average molecular weight is 339 g/mol. The van der Waals surface area contributed by atoms with Gasteiger partial charge in [0.05, 0.1) is 18.1 Å². The fourth-order valence-corrected chi connectivity index (χ4v) is 2.64. The van der Waals surface area contributed by atoms with E-state index in [9.17, 15) is 14.4 Å². The van der Waals surface area contributed by atoms with Gasteiger partial charge in [0.2, 0.25) is 0 Å². The fraction of sp³-hybridized carbons (Fsp3) is 0.167. The lowest BCUT2D eigenvalue weighted by molar-refractivity contribution is 0.102. The average Bonchev–Trinajstić information content (AvgIpc) is 2.62. The Morgan fingerprint density at radius 3 is 2.72 bits per heavy atom. The van der Waals surface area contributed by atoms with Gasteiger partial charge < -0.3 is 19.6 Å². The van der Waals surface area contributed by atoms with E-state index in [1.54, 1.807) is 56.5 Å². The van der Waals surface area contributed by atoms with E-state index in [0.717, 1.165) is 0 Å². The highest BCUT2D eigenvalue weighted by atomic mass is 16.5. The van der Waals surface area contributed by atoms with Crippen LogP contribution in [0.15, 0.2) is 52.1 Å². The van der Waals surface area contributed by atoms with Crippen molar-refractivity contribution < 1.29 is 9.53 Å². The zero-order valence-electron chi connectivity index (χ0n) is 13.8. The van der Waals surface area contributed by atoms with Crippen LogP contribution in [0.4, 0.5) is 5.69 Å². The van der Waals surface area contributed by atoms with E-state index in [4.69, 9.17) is 4.74 Å². The minimum absolute atomic E-state index is 0.328. The molecule has 128 valence electrons. The Bertz CT molecular complexity index is 1070. The summed E-state index contributed by atoms with van der Waals surface area (Å²) in [5, 5.41) is 2.77. The van der Waals surface area contributed by atoms with E-state index in [2.05, 4.69) is 10.3 Å². The molecule has 0 bridgehead atoms. The van der Waals surface area contributed by atoms with E-state index < -0.39 is 11.1 Å². The smallest absolute Gasteiger partial charge is 0.316 e. The maximum Gasteiger partial charge on any atom is 0.316 e. The van der Waals surface area contributed by atoms with Crippen molar-refractivity contribution in [3.8, 4) is 5.75 Å². The van der Waals surface area contributed by atoms with Gasteiger partial charge in [-0.25, -0.2) is 0 Å². The van der Waals surface area contributed by atoms with Crippen LogP contribution in [0.25, 0.3) is 11.0 Å². The van der Waals surface area contributed by atoms with Crippen LogP contribution >= 0.6 is 0 Å². The number of rotatable bonds is 4. The van der Waals surface area contributed by atoms with Gasteiger partial charge in [0.15, 0.2) is 0 Å². The lowest BCUT2D eigenvalue weighted by Crippen LogP contribution is -2.36. The second-order valence-electron chi connectivity index (χ2n) is 5.42. The second kappa shape index (κ2) is 6.64. The maximum atomic E-state index is 12.5. The van der Waals surface area contributed by atoms with Crippen LogP contribution in [0.3, 0.4) is 0 Å². The molecule has 2 aromatic carbocycles. The number of H-pyrrole nitrogens is 1. The Morgan fingerprint density at radius 1 is 1.20 bits per heavy atom. The maximum absolute atomic E-state index is 12.5. The lowest BCUT2D eigenvalue weighted by Gasteiger charge is -2.10. The van der Waals surface area contributed by atoms with Gasteiger partial charge in [0, 0.05) is 23.9 Å². The Kier molecular flexibility index (Phi) is 4.38. The number of amides is 1. The van der Waals surface area contributed by atoms with Gasteiger partial charge in [0.25, 0.3) is 5.91 Å². The number of carbonyl (C=O) groups is 1. The monoisotopic (exact) mass is 339 g/mol. The van der Waals surface area contributed by atoms with Crippen LogP contribution in [-0.2, 0) is 6.54 Å². The summed E-state index contributed by atoms with van der Waals surface area (Å²) in [5.41, 5.74) is 0.654. The third-order valence-corrected chi connectivity index (χ3v) is 3.88. The van der Waals surface area contributed by atoms with Crippen LogP contribution in [0.2, 0.25) is 0 Å². The Labute approximate surface area is 142 Å². The molecule has 0 aliphatic rings. The highest BCUT2D eigenvalue weighted by molar-refractivity contribution is 6.05. The van der Waals surface area contributed by atoms with Gasteiger partial charge in [-0.3, -0.25) is 14.4 Å². The van der Waals surface area contributed by atoms with Crippen molar-refractivity contribution in [2.75, 3.05) is 12.4 Å². The highest BCUT2D eigenvalue weighted by Gasteiger charge is 2.11. The number of carbonyl (C=O) groups excluding carboxylic acids is 1. The van der Waals surface area contributed by atoms with Crippen LogP contribution in [-0.4, -0.2) is 22.6 Å². The number of aromatic amines is 1. The first-order valence-electron chi connectivity index (χ1n) is 7.75. The molecule has 0 radical (unpaired) electrons. The minimum atomic E-state index is -0.709. The summed E-state index contributed by atoms with van der Waals surface area (Å²) in [7, 11) is 1.55.